The average Bonchev–Trinajstić information content (AvgIpc) is 2.47. The molecule has 0 aliphatic carbocycles. The minimum Gasteiger partial charge on any atom is -0.500 e. The normalized spacial score (nSPS) is 12.1. The van der Waals surface area contributed by atoms with Gasteiger partial charge in [0.05, 0.1) is 18.6 Å². The molecule has 1 aromatic carbocycles. The molecule has 5 nitrogen and oxygen atoms in total. The van der Waals surface area contributed by atoms with Crippen molar-refractivity contribution in [2.24, 2.45) is 0 Å². The van der Waals surface area contributed by atoms with Crippen LogP contribution in [0.1, 0.15) is 19.4 Å². The number of esters is 1. The third-order valence-electron chi connectivity index (χ3n) is 2.68. The van der Waals surface area contributed by atoms with Gasteiger partial charge in [0.25, 0.3) is 0 Å². The molecule has 1 rings (SSSR count). The largest absolute Gasteiger partial charge is 0.500 e. The molecule has 0 saturated heterocycles. The van der Waals surface area contributed by atoms with Crippen LogP contribution in [0.3, 0.4) is 0 Å². The van der Waals surface area contributed by atoms with Gasteiger partial charge in [-0.05, 0) is 31.0 Å². The first kappa shape index (κ1) is 16.2. The lowest BCUT2D eigenvalue weighted by atomic mass is 10.2. The Morgan fingerprint density at radius 3 is 2.25 bits per heavy atom. The van der Waals surface area contributed by atoms with Crippen molar-refractivity contribution in [3.8, 4) is 0 Å². The van der Waals surface area contributed by atoms with E-state index in [1.165, 1.54) is 12.1 Å². The lowest BCUT2D eigenvalue weighted by Crippen LogP contribution is -2.16. The van der Waals surface area contributed by atoms with E-state index in [4.69, 9.17) is 4.74 Å². The van der Waals surface area contributed by atoms with Crippen LogP contribution < -0.4 is 0 Å². The fourth-order valence-corrected chi connectivity index (χ4v) is 2.76. The Bertz CT molecular complexity index is 584. The maximum Gasteiger partial charge on any atom is 0.353 e. The first-order valence-corrected chi connectivity index (χ1v) is 7.69. The topological polar surface area (TPSA) is 69.7 Å². The summed E-state index contributed by atoms with van der Waals surface area (Å²) in [6.45, 7) is 3.91. The number of ether oxygens (including phenoxy) is 2. The second-order valence-electron chi connectivity index (χ2n) is 3.93. The van der Waals surface area contributed by atoms with E-state index in [0.29, 0.717) is 0 Å². The summed E-state index contributed by atoms with van der Waals surface area (Å²) in [6, 6.07) is 6.36. The molecular weight excluding hydrogens is 280 g/mol. The quantitative estimate of drug-likeness (QED) is 0.457. The zero-order valence-electron chi connectivity index (χ0n) is 11.8. The predicted molar refractivity (Wildman–Crippen MR) is 74.7 cm³/mol. The minimum atomic E-state index is -3.95. The highest BCUT2D eigenvalue weighted by Gasteiger charge is 2.28. The molecular formula is C14H18O5S. The fraction of sp³-hybridized carbons (Fsp3) is 0.357. The number of sulfone groups is 1. The second kappa shape index (κ2) is 7.09. The monoisotopic (exact) mass is 298 g/mol. The van der Waals surface area contributed by atoms with E-state index in [9.17, 15) is 13.2 Å². The molecule has 0 aliphatic rings. The van der Waals surface area contributed by atoms with Crippen LogP contribution in [0.15, 0.2) is 40.3 Å². The van der Waals surface area contributed by atoms with Crippen molar-refractivity contribution < 1.29 is 22.7 Å². The molecule has 0 saturated carbocycles. The Hall–Kier alpha value is -1.82. The van der Waals surface area contributed by atoms with E-state index in [2.05, 4.69) is 4.74 Å². The molecule has 1 aromatic rings. The number of aryl methyl sites for hydroxylation is 1. The van der Waals surface area contributed by atoms with Crippen LogP contribution in [0, 0.1) is 0 Å². The van der Waals surface area contributed by atoms with Crippen LogP contribution in [-0.4, -0.2) is 28.1 Å². The van der Waals surface area contributed by atoms with Crippen LogP contribution >= 0.6 is 0 Å². The van der Waals surface area contributed by atoms with Crippen molar-refractivity contribution in [3.63, 3.8) is 0 Å². The van der Waals surface area contributed by atoms with Crippen LogP contribution in [0.5, 0.6) is 0 Å². The highest BCUT2D eigenvalue weighted by atomic mass is 32.2. The molecule has 0 amide bonds. The van der Waals surface area contributed by atoms with Gasteiger partial charge in [-0.15, -0.1) is 0 Å². The first-order chi connectivity index (χ1) is 9.47. The molecule has 6 heteroatoms. The molecule has 0 fully saturated rings. The molecule has 0 spiro atoms. The van der Waals surface area contributed by atoms with Crippen LogP contribution in [0.2, 0.25) is 0 Å². The van der Waals surface area contributed by atoms with E-state index >= 15 is 0 Å². The molecule has 0 heterocycles. The predicted octanol–water partition coefficient (Wildman–Crippen LogP) is 2.07. The third-order valence-corrected chi connectivity index (χ3v) is 4.41. The highest BCUT2D eigenvalue weighted by molar-refractivity contribution is 7.96. The Balaban J connectivity index is 3.25. The Labute approximate surface area is 119 Å². The van der Waals surface area contributed by atoms with Crippen molar-refractivity contribution in [1.82, 2.24) is 0 Å². The molecule has 0 radical (unpaired) electrons. The maximum atomic E-state index is 12.4. The molecule has 0 atom stereocenters. The van der Waals surface area contributed by atoms with Gasteiger partial charge in [-0.3, -0.25) is 0 Å². The lowest BCUT2D eigenvalue weighted by Gasteiger charge is -2.08. The average molecular weight is 298 g/mol. The number of hydrogen-bond donors (Lipinski definition) is 0. The summed E-state index contributed by atoms with van der Waals surface area (Å²) < 4.78 is 34.2. The molecule has 0 aliphatic heterocycles. The summed E-state index contributed by atoms with van der Waals surface area (Å²) in [5.74, 6) is -0.946. The van der Waals surface area contributed by atoms with Crippen LogP contribution in [0.25, 0.3) is 0 Å². The number of hydrogen-bond acceptors (Lipinski definition) is 5. The van der Waals surface area contributed by atoms with Gasteiger partial charge in [0, 0.05) is 0 Å². The van der Waals surface area contributed by atoms with Crippen LogP contribution in [0.4, 0.5) is 0 Å². The van der Waals surface area contributed by atoms with Crippen molar-refractivity contribution in [1.29, 1.82) is 0 Å². The summed E-state index contributed by atoms with van der Waals surface area (Å²) >= 11 is 0. The number of benzene rings is 1. The van der Waals surface area contributed by atoms with Gasteiger partial charge in [-0.1, -0.05) is 19.1 Å². The summed E-state index contributed by atoms with van der Waals surface area (Å²) in [5.41, 5.74) is 1.01. The number of carbonyl (C=O) groups is 1. The van der Waals surface area contributed by atoms with Crippen molar-refractivity contribution in [2.45, 2.75) is 25.2 Å². The summed E-state index contributed by atoms with van der Waals surface area (Å²) in [7, 11) is -2.83. The molecule has 0 N–H and O–H groups in total. The van der Waals surface area contributed by atoms with Crippen molar-refractivity contribution >= 4 is 15.8 Å². The first-order valence-electron chi connectivity index (χ1n) is 6.21. The Morgan fingerprint density at radius 2 is 1.80 bits per heavy atom. The molecule has 20 heavy (non-hydrogen) atoms. The summed E-state index contributed by atoms with van der Waals surface area (Å²) in [6.07, 6.45) is 1.73. The van der Waals surface area contributed by atoms with E-state index in [1.54, 1.807) is 19.1 Å². The number of carbonyl (C=O) groups excluding carboxylic acids is 1. The zero-order chi connectivity index (χ0) is 15.2. The number of rotatable bonds is 6. The third kappa shape index (κ3) is 3.60. The standard InChI is InChI=1S/C14H18O5S/c1-4-11-6-8-12(9-7-11)20(16,17)13(10-19-5-2)14(15)18-3/h6-10H,4-5H2,1-3H3/b13-10+. The molecule has 0 bridgehead atoms. The van der Waals surface area contributed by atoms with Crippen molar-refractivity contribution in [2.75, 3.05) is 13.7 Å². The summed E-state index contributed by atoms with van der Waals surface area (Å²) in [4.78, 5) is 11.1. The van der Waals surface area contributed by atoms with Crippen LogP contribution in [-0.2, 0) is 30.5 Å². The second-order valence-corrected chi connectivity index (χ2v) is 5.85. The zero-order valence-corrected chi connectivity index (χ0v) is 12.6. The molecule has 110 valence electrons. The van der Waals surface area contributed by atoms with E-state index < -0.39 is 20.7 Å². The fourth-order valence-electron chi connectivity index (χ4n) is 1.51. The van der Waals surface area contributed by atoms with Gasteiger partial charge >= 0.3 is 5.97 Å². The van der Waals surface area contributed by atoms with Gasteiger partial charge in [0.2, 0.25) is 9.84 Å². The number of methoxy groups -OCH3 is 1. The molecule has 0 aromatic heterocycles. The lowest BCUT2D eigenvalue weighted by molar-refractivity contribution is -0.135. The Morgan fingerprint density at radius 1 is 1.20 bits per heavy atom. The van der Waals surface area contributed by atoms with Gasteiger partial charge in [-0.25, -0.2) is 13.2 Å². The Kier molecular flexibility index (Phi) is 5.76. The van der Waals surface area contributed by atoms with Gasteiger partial charge in [-0.2, -0.15) is 0 Å². The summed E-state index contributed by atoms with van der Waals surface area (Å²) in [5, 5.41) is 0. The van der Waals surface area contributed by atoms with Crippen molar-refractivity contribution in [3.05, 3.63) is 41.0 Å². The van der Waals surface area contributed by atoms with Gasteiger partial charge in [0.15, 0.2) is 4.91 Å². The van der Waals surface area contributed by atoms with E-state index in [1.807, 2.05) is 6.92 Å². The van der Waals surface area contributed by atoms with E-state index in [0.717, 1.165) is 25.4 Å². The van der Waals surface area contributed by atoms with E-state index in [-0.39, 0.29) is 11.5 Å². The highest BCUT2D eigenvalue weighted by Crippen LogP contribution is 2.21. The maximum absolute atomic E-state index is 12.4. The molecule has 0 unspecified atom stereocenters. The smallest absolute Gasteiger partial charge is 0.353 e. The van der Waals surface area contributed by atoms with Gasteiger partial charge < -0.3 is 9.47 Å². The SMILES string of the molecule is CCO/C=C(\C(=O)OC)S(=O)(=O)c1ccc(CC)cc1. The van der Waals surface area contributed by atoms with Gasteiger partial charge in [0.1, 0.15) is 6.26 Å². The minimum absolute atomic E-state index is 0.0334.